The second kappa shape index (κ2) is 7.19. The summed E-state index contributed by atoms with van der Waals surface area (Å²) in [5.41, 5.74) is 6.63. The highest BCUT2D eigenvalue weighted by molar-refractivity contribution is 7.09. The second-order valence-corrected chi connectivity index (χ2v) is 5.13. The van der Waals surface area contributed by atoms with Crippen LogP contribution in [0.1, 0.15) is 50.4 Å². The fraction of sp³-hybridized carbons (Fsp3) is 0.769. The second-order valence-electron chi connectivity index (χ2n) is 4.27. The van der Waals surface area contributed by atoms with E-state index in [2.05, 4.69) is 18.8 Å². The molecule has 0 bridgehead atoms. The largest absolute Gasteiger partial charge is 0.383 e. The van der Waals surface area contributed by atoms with Crippen LogP contribution in [-0.4, -0.2) is 25.3 Å². The van der Waals surface area contributed by atoms with Gasteiger partial charge in [0.05, 0.1) is 18.3 Å². The number of rotatable bonds is 8. The Balaban J connectivity index is 2.93. The van der Waals surface area contributed by atoms with Gasteiger partial charge in [-0.2, -0.15) is 0 Å². The predicted octanol–water partition coefficient (Wildman–Crippen LogP) is 2.84. The lowest BCUT2D eigenvalue weighted by atomic mass is 9.98. The van der Waals surface area contributed by atoms with Gasteiger partial charge in [-0.15, -0.1) is 11.3 Å². The Hall–Kier alpha value is -0.490. The molecule has 1 heterocycles. The van der Waals surface area contributed by atoms with E-state index in [1.165, 1.54) is 0 Å². The average Bonchev–Trinajstić information content (AvgIpc) is 2.86. The van der Waals surface area contributed by atoms with Crippen LogP contribution in [-0.2, 0) is 15.1 Å². The molecule has 0 fully saturated rings. The van der Waals surface area contributed by atoms with Crippen molar-refractivity contribution < 1.29 is 9.47 Å². The fourth-order valence-corrected chi connectivity index (χ4v) is 3.21. The molecule has 1 rings (SSSR count). The van der Waals surface area contributed by atoms with Gasteiger partial charge in [-0.05, 0) is 19.8 Å². The van der Waals surface area contributed by atoms with Crippen molar-refractivity contribution in [3.63, 3.8) is 0 Å². The van der Waals surface area contributed by atoms with Crippen LogP contribution < -0.4 is 5.73 Å². The minimum absolute atomic E-state index is 0.159. The van der Waals surface area contributed by atoms with Crippen LogP contribution in [0.15, 0.2) is 5.38 Å². The van der Waals surface area contributed by atoms with Crippen LogP contribution in [0.3, 0.4) is 0 Å². The van der Waals surface area contributed by atoms with Crippen molar-refractivity contribution >= 4 is 11.3 Å². The topological polar surface area (TPSA) is 57.4 Å². The van der Waals surface area contributed by atoms with Crippen molar-refractivity contribution in [3.8, 4) is 0 Å². The van der Waals surface area contributed by atoms with Crippen LogP contribution in [0.25, 0.3) is 0 Å². The van der Waals surface area contributed by atoms with Gasteiger partial charge >= 0.3 is 0 Å². The monoisotopic (exact) mass is 272 g/mol. The zero-order chi connectivity index (χ0) is 13.6. The minimum atomic E-state index is -0.259. The third-order valence-corrected chi connectivity index (χ3v) is 4.25. The van der Waals surface area contributed by atoms with Gasteiger partial charge in [0.25, 0.3) is 0 Å². The highest BCUT2D eigenvalue weighted by Crippen LogP contribution is 2.35. The minimum Gasteiger partial charge on any atom is -0.383 e. The van der Waals surface area contributed by atoms with Crippen LogP contribution in [0.4, 0.5) is 0 Å². The molecule has 0 aliphatic heterocycles. The van der Waals surface area contributed by atoms with E-state index >= 15 is 0 Å². The summed E-state index contributed by atoms with van der Waals surface area (Å²) >= 11 is 1.63. The number of hydrogen-bond acceptors (Lipinski definition) is 5. The van der Waals surface area contributed by atoms with Gasteiger partial charge < -0.3 is 15.2 Å². The Kier molecular flexibility index (Phi) is 6.21. The first kappa shape index (κ1) is 15.6. The highest BCUT2D eigenvalue weighted by atomic mass is 32.1. The van der Waals surface area contributed by atoms with Crippen molar-refractivity contribution in [2.24, 2.45) is 5.73 Å². The maximum Gasteiger partial charge on any atom is 0.125 e. The molecule has 0 saturated heterocycles. The number of aromatic nitrogens is 1. The van der Waals surface area contributed by atoms with Gasteiger partial charge in [-0.3, -0.25) is 0 Å². The quantitative estimate of drug-likeness (QED) is 0.790. The maximum atomic E-state index is 6.00. The van der Waals surface area contributed by atoms with Crippen molar-refractivity contribution in [3.05, 3.63) is 16.1 Å². The number of nitrogens with zero attached hydrogens (tertiary/aromatic N) is 1. The van der Waals surface area contributed by atoms with E-state index < -0.39 is 0 Å². The van der Waals surface area contributed by atoms with Gasteiger partial charge in [0, 0.05) is 19.1 Å². The average molecular weight is 272 g/mol. The lowest BCUT2D eigenvalue weighted by Gasteiger charge is -2.29. The first-order chi connectivity index (χ1) is 8.63. The van der Waals surface area contributed by atoms with Crippen LogP contribution in [0.2, 0.25) is 0 Å². The SMILES string of the molecule is CCOC(CC)(CC)c1nc(C(N)COC)cs1. The molecule has 0 saturated carbocycles. The van der Waals surface area contributed by atoms with Crippen LogP contribution >= 0.6 is 11.3 Å². The van der Waals surface area contributed by atoms with Gasteiger partial charge in [0.2, 0.25) is 0 Å². The molecule has 5 heteroatoms. The molecule has 0 aliphatic carbocycles. The van der Waals surface area contributed by atoms with Gasteiger partial charge in [0.1, 0.15) is 10.6 Å². The summed E-state index contributed by atoms with van der Waals surface area (Å²) < 4.78 is 11.0. The third kappa shape index (κ3) is 3.29. The van der Waals surface area contributed by atoms with Crippen molar-refractivity contribution in [1.29, 1.82) is 0 Å². The molecule has 18 heavy (non-hydrogen) atoms. The van der Waals surface area contributed by atoms with E-state index in [0.29, 0.717) is 13.2 Å². The molecule has 0 aliphatic rings. The number of ether oxygens (including phenoxy) is 2. The molecule has 1 unspecified atom stereocenters. The Labute approximate surface area is 114 Å². The van der Waals surface area contributed by atoms with Crippen molar-refractivity contribution in [2.45, 2.75) is 45.3 Å². The Morgan fingerprint density at radius 3 is 2.56 bits per heavy atom. The molecule has 0 radical (unpaired) electrons. The summed E-state index contributed by atoms with van der Waals surface area (Å²) in [5.74, 6) is 0. The van der Waals surface area contributed by atoms with Crippen LogP contribution in [0, 0.1) is 0 Å². The smallest absolute Gasteiger partial charge is 0.125 e. The molecular formula is C13H24N2O2S. The third-order valence-electron chi connectivity index (χ3n) is 3.20. The first-order valence-electron chi connectivity index (χ1n) is 6.47. The first-order valence-corrected chi connectivity index (χ1v) is 7.35. The molecule has 1 aromatic heterocycles. The summed E-state index contributed by atoms with van der Waals surface area (Å²) in [6, 6.07) is -0.159. The standard InChI is InChI=1S/C13H24N2O2S/c1-5-13(6-2,17-7-3)12-15-11(9-18-12)10(14)8-16-4/h9-10H,5-8,14H2,1-4H3. The van der Waals surface area contributed by atoms with Crippen LogP contribution in [0.5, 0.6) is 0 Å². The zero-order valence-corrected chi connectivity index (χ0v) is 12.5. The normalized spacial score (nSPS) is 13.8. The number of thiazole rings is 1. The fourth-order valence-electron chi connectivity index (χ4n) is 2.03. The summed E-state index contributed by atoms with van der Waals surface area (Å²) in [7, 11) is 1.65. The molecule has 1 atom stereocenters. The maximum absolute atomic E-state index is 6.00. The zero-order valence-electron chi connectivity index (χ0n) is 11.7. The number of hydrogen-bond donors (Lipinski definition) is 1. The summed E-state index contributed by atoms with van der Waals surface area (Å²) in [4.78, 5) is 4.65. The Morgan fingerprint density at radius 1 is 1.39 bits per heavy atom. The van der Waals surface area contributed by atoms with Crippen molar-refractivity contribution in [2.75, 3.05) is 20.3 Å². The lowest BCUT2D eigenvalue weighted by Crippen LogP contribution is -2.28. The van der Waals surface area contributed by atoms with E-state index in [1.54, 1.807) is 18.4 Å². The van der Waals surface area contributed by atoms with E-state index in [1.807, 2.05) is 12.3 Å². The number of methoxy groups -OCH3 is 1. The molecule has 4 nitrogen and oxygen atoms in total. The lowest BCUT2D eigenvalue weighted by molar-refractivity contribution is -0.0507. The number of nitrogens with two attached hydrogens (primary N) is 1. The molecule has 2 N–H and O–H groups in total. The molecular weight excluding hydrogens is 248 g/mol. The van der Waals surface area contributed by atoms with E-state index in [4.69, 9.17) is 15.2 Å². The molecule has 0 aromatic carbocycles. The summed E-state index contributed by atoms with van der Waals surface area (Å²) in [5, 5.41) is 3.04. The predicted molar refractivity (Wildman–Crippen MR) is 74.8 cm³/mol. The van der Waals surface area contributed by atoms with E-state index in [-0.39, 0.29) is 11.6 Å². The van der Waals surface area contributed by atoms with Gasteiger partial charge in [-0.1, -0.05) is 13.8 Å². The summed E-state index contributed by atoms with van der Waals surface area (Å²) in [6.45, 7) is 7.47. The Bertz CT molecular complexity index is 351. The highest BCUT2D eigenvalue weighted by Gasteiger charge is 2.32. The molecule has 0 spiro atoms. The Morgan fingerprint density at radius 2 is 2.06 bits per heavy atom. The van der Waals surface area contributed by atoms with Crippen molar-refractivity contribution in [1.82, 2.24) is 4.98 Å². The van der Waals surface area contributed by atoms with Gasteiger partial charge in [0.15, 0.2) is 0 Å². The van der Waals surface area contributed by atoms with E-state index in [9.17, 15) is 0 Å². The molecule has 0 amide bonds. The molecule has 1 aromatic rings. The van der Waals surface area contributed by atoms with E-state index in [0.717, 1.165) is 23.5 Å². The molecule has 104 valence electrons. The summed E-state index contributed by atoms with van der Waals surface area (Å²) in [6.07, 6.45) is 1.84. The van der Waals surface area contributed by atoms with Gasteiger partial charge in [-0.25, -0.2) is 4.98 Å².